The monoisotopic (exact) mass is 399 g/mol. The van der Waals surface area contributed by atoms with Gasteiger partial charge in [0.25, 0.3) is 5.91 Å². The number of oxazole rings is 1. The highest BCUT2D eigenvalue weighted by Crippen LogP contribution is 2.35. The molecular formula is C23H21N5O2. The fourth-order valence-corrected chi connectivity index (χ4v) is 3.94. The average Bonchev–Trinajstić information content (AvgIpc) is 3.55. The molecule has 0 N–H and O–H groups in total. The Bertz CT molecular complexity index is 1170. The molecule has 3 heterocycles. The molecule has 0 radical (unpaired) electrons. The van der Waals surface area contributed by atoms with Gasteiger partial charge in [-0.15, -0.1) is 0 Å². The number of hydrogen-bond donors (Lipinski definition) is 0. The normalized spacial score (nSPS) is 16.2. The van der Waals surface area contributed by atoms with Gasteiger partial charge in [0.2, 0.25) is 5.89 Å². The van der Waals surface area contributed by atoms with E-state index in [1.54, 1.807) is 18.7 Å². The van der Waals surface area contributed by atoms with Gasteiger partial charge in [-0.05, 0) is 31.9 Å². The second-order valence-corrected chi connectivity index (χ2v) is 7.43. The Labute approximate surface area is 174 Å². The quantitative estimate of drug-likeness (QED) is 0.514. The minimum Gasteiger partial charge on any atom is -0.446 e. The lowest BCUT2D eigenvalue weighted by Crippen LogP contribution is -2.31. The second kappa shape index (κ2) is 7.59. The highest BCUT2D eigenvalue weighted by atomic mass is 16.3. The van der Waals surface area contributed by atoms with Crippen LogP contribution in [0.5, 0.6) is 0 Å². The van der Waals surface area contributed by atoms with Crippen molar-refractivity contribution in [3.05, 3.63) is 84.2 Å². The van der Waals surface area contributed by atoms with Crippen molar-refractivity contribution >= 4 is 5.91 Å². The van der Waals surface area contributed by atoms with E-state index in [-0.39, 0.29) is 11.9 Å². The molecule has 1 aliphatic rings. The first kappa shape index (κ1) is 18.3. The molecule has 1 aliphatic heterocycles. The number of nitrogens with zero attached hydrogens (tertiary/aromatic N) is 5. The van der Waals surface area contributed by atoms with Gasteiger partial charge < -0.3 is 9.32 Å². The number of rotatable bonds is 4. The Morgan fingerprint density at radius 3 is 2.70 bits per heavy atom. The van der Waals surface area contributed by atoms with Gasteiger partial charge >= 0.3 is 0 Å². The fraction of sp³-hybridized carbons (Fsp3) is 0.217. The zero-order valence-corrected chi connectivity index (χ0v) is 16.6. The molecule has 1 unspecified atom stereocenters. The number of aromatic nitrogens is 4. The Balaban J connectivity index is 1.47. The maximum Gasteiger partial charge on any atom is 0.256 e. The molecule has 0 aliphatic carbocycles. The van der Waals surface area contributed by atoms with E-state index in [9.17, 15) is 4.79 Å². The first-order valence-corrected chi connectivity index (χ1v) is 10.00. The van der Waals surface area contributed by atoms with Crippen LogP contribution in [-0.4, -0.2) is 37.3 Å². The smallest absolute Gasteiger partial charge is 0.256 e. The molecule has 1 saturated heterocycles. The molecule has 0 spiro atoms. The summed E-state index contributed by atoms with van der Waals surface area (Å²) >= 11 is 0. The molecule has 4 aromatic rings. The van der Waals surface area contributed by atoms with Gasteiger partial charge in [-0.1, -0.05) is 42.0 Å². The SMILES string of the molecule is Cc1ccc(-n2nccn2)c(C(=O)N2CCCC2c2nc(-c3ccccc3)co2)c1. The van der Waals surface area contributed by atoms with Crippen LogP contribution in [0.4, 0.5) is 0 Å². The lowest BCUT2D eigenvalue weighted by molar-refractivity contribution is 0.0715. The highest BCUT2D eigenvalue weighted by Gasteiger charge is 2.35. The largest absolute Gasteiger partial charge is 0.446 e. The number of carbonyl (C=O) groups excluding carboxylic acids is 1. The van der Waals surface area contributed by atoms with Crippen molar-refractivity contribution in [3.63, 3.8) is 0 Å². The predicted molar refractivity (Wildman–Crippen MR) is 111 cm³/mol. The van der Waals surface area contributed by atoms with Crippen LogP contribution in [0.1, 0.15) is 40.7 Å². The standard InChI is InChI=1S/C23H21N5O2/c1-16-9-10-20(28-24-11-12-25-28)18(14-16)23(29)27-13-5-8-21(27)22-26-19(15-30-22)17-6-3-2-4-7-17/h2-4,6-7,9-12,14-15,21H,5,8,13H2,1H3. The summed E-state index contributed by atoms with van der Waals surface area (Å²) in [6.07, 6.45) is 6.59. The molecule has 1 atom stereocenters. The molecule has 0 saturated carbocycles. The summed E-state index contributed by atoms with van der Waals surface area (Å²) in [5, 5.41) is 8.41. The van der Waals surface area contributed by atoms with Gasteiger partial charge in [0.05, 0.1) is 23.6 Å². The zero-order valence-electron chi connectivity index (χ0n) is 16.6. The van der Waals surface area contributed by atoms with Gasteiger partial charge in [-0.3, -0.25) is 4.79 Å². The van der Waals surface area contributed by atoms with Crippen molar-refractivity contribution < 1.29 is 9.21 Å². The third kappa shape index (κ3) is 3.28. The summed E-state index contributed by atoms with van der Waals surface area (Å²) in [6, 6.07) is 15.4. The molecule has 7 nitrogen and oxygen atoms in total. The summed E-state index contributed by atoms with van der Waals surface area (Å²) in [7, 11) is 0. The minimum atomic E-state index is -0.186. The summed E-state index contributed by atoms with van der Waals surface area (Å²) in [5.41, 5.74) is 4.02. The highest BCUT2D eigenvalue weighted by molar-refractivity contribution is 5.98. The van der Waals surface area contributed by atoms with Gasteiger partial charge in [0.1, 0.15) is 18.0 Å². The molecule has 2 aromatic heterocycles. The van der Waals surface area contributed by atoms with Crippen LogP contribution in [0.25, 0.3) is 16.9 Å². The number of carbonyl (C=O) groups is 1. The Morgan fingerprint density at radius 1 is 1.10 bits per heavy atom. The lowest BCUT2D eigenvalue weighted by atomic mass is 10.1. The van der Waals surface area contributed by atoms with Crippen LogP contribution in [0.15, 0.2) is 71.6 Å². The Hall–Kier alpha value is -3.74. The summed E-state index contributed by atoms with van der Waals surface area (Å²) in [6.45, 7) is 2.63. The van der Waals surface area contributed by atoms with E-state index in [0.717, 1.165) is 29.7 Å². The van der Waals surface area contributed by atoms with E-state index in [1.165, 1.54) is 4.80 Å². The molecule has 30 heavy (non-hydrogen) atoms. The third-order valence-corrected chi connectivity index (χ3v) is 5.41. The van der Waals surface area contributed by atoms with Gasteiger partial charge in [-0.25, -0.2) is 4.98 Å². The maximum atomic E-state index is 13.6. The van der Waals surface area contributed by atoms with Crippen molar-refractivity contribution in [2.45, 2.75) is 25.8 Å². The van der Waals surface area contributed by atoms with Crippen LogP contribution in [0.2, 0.25) is 0 Å². The van der Waals surface area contributed by atoms with Crippen LogP contribution in [0.3, 0.4) is 0 Å². The predicted octanol–water partition coefficient (Wildman–Crippen LogP) is 4.21. The van der Waals surface area contributed by atoms with Crippen molar-refractivity contribution in [1.82, 2.24) is 24.9 Å². The van der Waals surface area contributed by atoms with E-state index >= 15 is 0 Å². The van der Waals surface area contributed by atoms with Crippen LogP contribution < -0.4 is 0 Å². The average molecular weight is 399 g/mol. The zero-order chi connectivity index (χ0) is 20.5. The van der Waals surface area contributed by atoms with Crippen LogP contribution in [-0.2, 0) is 0 Å². The van der Waals surface area contributed by atoms with Crippen molar-refractivity contribution in [2.24, 2.45) is 0 Å². The first-order valence-electron chi connectivity index (χ1n) is 10.00. The van der Waals surface area contributed by atoms with Crippen molar-refractivity contribution in [3.8, 4) is 16.9 Å². The molecule has 0 bridgehead atoms. The Morgan fingerprint density at radius 2 is 1.90 bits per heavy atom. The van der Waals surface area contributed by atoms with Crippen LogP contribution in [0, 0.1) is 6.92 Å². The van der Waals surface area contributed by atoms with Gasteiger partial charge in [0, 0.05) is 12.1 Å². The molecule has 2 aromatic carbocycles. The topological polar surface area (TPSA) is 77.1 Å². The van der Waals surface area contributed by atoms with Crippen LogP contribution >= 0.6 is 0 Å². The molecule has 7 heteroatoms. The van der Waals surface area contributed by atoms with E-state index in [1.807, 2.05) is 60.4 Å². The number of likely N-dealkylation sites (tertiary alicyclic amines) is 1. The molecular weight excluding hydrogens is 378 g/mol. The number of aryl methyl sites for hydroxylation is 1. The second-order valence-electron chi connectivity index (χ2n) is 7.43. The summed E-state index contributed by atoms with van der Waals surface area (Å²) in [5.74, 6) is 0.513. The van der Waals surface area contributed by atoms with Crippen molar-refractivity contribution in [1.29, 1.82) is 0 Å². The summed E-state index contributed by atoms with van der Waals surface area (Å²) < 4.78 is 5.81. The number of amides is 1. The number of benzene rings is 2. The number of hydrogen-bond acceptors (Lipinski definition) is 5. The molecule has 150 valence electrons. The van der Waals surface area contributed by atoms with E-state index in [0.29, 0.717) is 23.7 Å². The van der Waals surface area contributed by atoms with E-state index in [4.69, 9.17) is 4.42 Å². The van der Waals surface area contributed by atoms with E-state index in [2.05, 4.69) is 15.2 Å². The third-order valence-electron chi connectivity index (χ3n) is 5.41. The molecule has 1 fully saturated rings. The van der Waals surface area contributed by atoms with Gasteiger partial charge in [-0.2, -0.15) is 15.0 Å². The van der Waals surface area contributed by atoms with E-state index < -0.39 is 0 Å². The first-order chi connectivity index (χ1) is 14.7. The Kier molecular flexibility index (Phi) is 4.63. The van der Waals surface area contributed by atoms with Gasteiger partial charge in [0.15, 0.2) is 0 Å². The lowest BCUT2D eigenvalue weighted by Gasteiger charge is -2.23. The van der Waals surface area contributed by atoms with Crippen molar-refractivity contribution in [2.75, 3.05) is 6.54 Å². The minimum absolute atomic E-state index is 0.0621. The maximum absolute atomic E-state index is 13.6. The fourth-order valence-electron chi connectivity index (χ4n) is 3.94. The molecule has 1 amide bonds. The summed E-state index contributed by atoms with van der Waals surface area (Å²) in [4.78, 5) is 21.6. The molecule has 5 rings (SSSR count).